The molecular weight excluding hydrogens is 415 g/mol. The largest absolute Gasteiger partial charge is 0.484 e. The number of aromatic nitrogens is 1. The summed E-state index contributed by atoms with van der Waals surface area (Å²) >= 11 is 1.23. The Morgan fingerprint density at radius 1 is 1.20 bits per heavy atom. The molecule has 0 unspecified atom stereocenters. The fraction of sp³-hybridized carbons (Fsp3) is 0.250. The van der Waals surface area contributed by atoms with Gasteiger partial charge in [0.2, 0.25) is 6.79 Å². The third-order valence-corrected chi connectivity index (χ3v) is 5.21. The van der Waals surface area contributed by atoms with Gasteiger partial charge in [0.15, 0.2) is 22.9 Å². The number of nitrogens with zero attached hydrogens (tertiary/aromatic N) is 2. The molecule has 10 heteroatoms. The summed E-state index contributed by atoms with van der Waals surface area (Å²) < 4.78 is 36.5. The molecule has 2 aromatic carbocycles. The van der Waals surface area contributed by atoms with E-state index in [0.717, 1.165) is 4.70 Å². The van der Waals surface area contributed by atoms with Crippen molar-refractivity contribution in [3.05, 3.63) is 47.0 Å². The summed E-state index contributed by atoms with van der Waals surface area (Å²) in [5, 5.41) is 0. The van der Waals surface area contributed by atoms with Crippen molar-refractivity contribution in [2.24, 2.45) is 4.99 Å². The second-order valence-corrected chi connectivity index (χ2v) is 7.21. The molecule has 0 saturated heterocycles. The van der Waals surface area contributed by atoms with Crippen molar-refractivity contribution in [3.63, 3.8) is 0 Å². The van der Waals surface area contributed by atoms with E-state index < -0.39 is 17.7 Å². The van der Waals surface area contributed by atoms with E-state index in [1.807, 2.05) is 0 Å². The van der Waals surface area contributed by atoms with E-state index in [9.17, 15) is 14.0 Å². The molecule has 30 heavy (non-hydrogen) atoms. The highest BCUT2D eigenvalue weighted by Crippen LogP contribution is 2.37. The van der Waals surface area contributed by atoms with E-state index in [1.54, 1.807) is 23.6 Å². The number of carbonyl (C=O) groups is 2. The molecule has 0 bridgehead atoms. The molecule has 1 amide bonds. The van der Waals surface area contributed by atoms with Crippen LogP contribution in [0.5, 0.6) is 17.2 Å². The molecule has 1 aromatic heterocycles. The Morgan fingerprint density at radius 2 is 1.93 bits per heavy atom. The molecule has 3 aromatic rings. The molecule has 1 aliphatic heterocycles. The van der Waals surface area contributed by atoms with E-state index in [2.05, 4.69) is 4.99 Å². The first-order valence-corrected chi connectivity index (χ1v) is 9.89. The first-order valence-electron chi connectivity index (χ1n) is 9.08. The van der Waals surface area contributed by atoms with Gasteiger partial charge in [0, 0.05) is 12.1 Å². The number of hydrogen-bond acceptors (Lipinski definition) is 7. The van der Waals surface area contributed by atoms with Gasteiger partial charge in [-0.15, -0.1) is 0 Å². The number of carbonyl (C=O) groups excluding carboxylic acids is 2. The van der Waals surface area contributed by atoms with Gasteiger partial charge >= 0.3 is 5.97 Å². The Hall–Kier alpha value is -3.40. The topological polar surface area (TPSA) is 88.4 Å². The van der Waals surface area contributed by atoms with Crippen LogP contribution in [0.15, 0.2) is 41.4 Å². The van der Waals surface area contributed by atoms with Crippen LogP contribution in [0.3, 0.4) is 0 Å². The Bertz CT molecular complexity index is 1170. The van der Waals surface area contributed by atoms with E-state index in [-0.39, 0.29) is 26.6 Å². The van der Waals surface area contributed by atoms with Crippen LogP contribution in [0.4, 0.5) is 4.39 Å². The number of esters is 1. The van der Waals surface area contributed by atoms with Crippen LogP contribution < -0.4 is 19.0 Å². The molecule has 1 aliphatic rings. The number of thiazole rings is 1. The number of ether oxygens (including phenoxy) is 4. The summed E-state index contributed by atoms with van der Waals surface area (Å²) in [6.07, 6.45) is 0. The number of amides is 1. The molecule has 0 fully saturated rings. The van der Waals surface area contributed by atoms with Gasteiger partial charge in [0.05, 0.1) is 16.8 Å². The number of benzene rings is 2. The van der Waals surface area contributed by atoms with Crippen molar-refractivity contribution in [3.8, 4) is 17.2 Å². The predicted molar refractivity (Wildman–Crippen MR) is 105 cm³/mol. The molecular formula is C20H17FN2O6S. The molecule has 156 valence electrons. The van der Waals surface area contributed by atoms with Crippen LogP contribution in [0.2, 0.25) is 0 Å². The summed E-state index contributed by atoms with van der Waals surface area (Å²) in [7, 11) is 0. The lowest BCUT2D eigenvalue weighted by atomic mass is 10.3. The molecule has 8 nitrogen and oxygen atoms in total. The molecule has 2 heterocycles. The number of rotatable bonds is 6. The second-order valence-electron chi connectivity index (χ2n) is 6.20. The Morgan fingerprint density at radius 3 is 2.67 bits per heavy atom. The first kappa shape index (κ1) is 19.9. The summed E-state index contributed by atoms with van der Waals surface area (Å²) in [5.74, 6) is 0.0831. The minimum atomic E-state index is -0.552. The smallest absolute Gasteiger partial charge is 0.326 e. The number of halogens is 1. The number of fused-ring (bicyclic) bond motifs is 2. The third-order valence-electron chi connectivity index (χ3n) is 4.17. The van der Waals surface area contributed by atoms with Gasteiger partial charge < -0.3 is 23.5 Å². The van der Waals surface area contributed by atoms with E-state index >= 15 is 0 Å². The van der Waals surface area contributed by atoms with Gasteiger partial charge in [0.25, 0.3) is 5.91 Å². The quantitative estimate of drug-likeness (QED) is 0.557. The van der Waals surface area contributed by atoms with Crippen molar-refractivity contribution >= 4 is 33.4 Å². The highest BCUT2D eigenvalue weighted by Gasteiger charge is 2.19. The first-order chi connectivity index (χ1) is 14.5. The zero-order chi connectivity index (χ0) is 21.1. The summed E-state index contributed by atoms with van der Waals surface area (Å²) in [6, 6.07) is 8.84. The monoisotopic (exact) mass is 432 g/mol. The fourth-order valence-corrected chi connectivity index (χ4v) is 3.91. The van der Waals surface area contributed by atoms with Gasteiger partial charge in [0.1, 0.15) is 18.1 Å². The molecule has 0 N–H and O–H groups in total. The van der Waals surface area contributed by atoms with Crippen molar-refractivity contribution < 1.29 is 32.9 Å². The molecule has 0 saturated carbocycles. The minimum Gasteiger partial charge on any atom is -0.484 e. The maximum Gasteiger partial charge on any atom is 0.326 e. The Kier molecular flexibility index (Phi) is 5.66. The second kappa shape index (κ2) is 8.54. The van der Waals surface area contributed by atoms with Crippen molar-refractivity contribution in [1.82, 2.24) is 4.57 Å². The van der Waals surface area contributed by atoms with Crippen molar-refractivity contribution in [1.29, 1.82) is 0 Å². The van der Waals surface area contributed by atoms with Gasteiger partial charge in [-0.25, -0.2) is 4.39 Å². The van der Waals surface area contributed by atoms with Crippen LogP contribution in [-0.4, -0.2) is 36.5 Å². The van der Waals surface area contributed by atoms with Crippen LogP contribution >= 0.6 is 11.3 Å². The average molecular weight is 432 g/mol. The highest BCUT2D eigenvalue weighted by atomic mass is 32.1. The van der Waals surface area contributed by atoms with Crippen LogP contribution in [0, 0.1) is 5.82 Å². The van der Waals surface area contributed by atoms with Crippen molar-refractivity contribution in [2.45, 2.75) is 13.5 Å². The lowest BCUT2D eigenvalue weighted by Gasteiger charge is -2.06. The van der Waals surface area contributed by atoms with Gasteiger partial charge in [-0.1, -0.05) is 11.3 Å². The summed E-state index contributed by atoms with van der Waals surface area (Å²) in [6.45, 7) is 1.64. The lowest BCUT2D eigenvalue weighted by molar-refractivity contribution is -0.143. The van der Waals surface area contributed by atoms with Crippen LogP contribution in [-0.2, 0) is 20.9 Å². The molecule has 0 aliphatic carbocycles. The molecule has 4 rings (SSSR count). The zero-order valence-electron chi connectivity index (χ0n) is 15.9. The third kappa shape index (κ3) is 4.28. The fourth-order valence-electron chi connectivity index (χ4n) is 2.85. The standard InChI is InChI=1S/C20H17FN2O6S/c1-2-26-19(25)9-23-14-7-15-16(29-11-28-15)8-17(14)30-20(23)22-18(24)10-27-13-5-3-12(21)4-6-13/h3-8H,2,9-11H2,1H3. The van der Waals surface area contributed by atoms with Crippen LogP contribution in [0.1, 0.15) is 6.92 Å². The zero-order valence-corrected chi connectivity index (χ0v) is 16.7. The van der Waals surface area contributed by atoms with E-state index in [1.165, 1.54) is 35.6 Å². The maximum atomic E-state index is 13.0. The van der Waals surface area contributed by atoms with Gasteiger partial charge in [-0.2, -0.15) is 4.99 Å². The Labute approximate surface area is 174 Å². The van der Waals surface area contributed by atoms with E-state index in [0.29, 0.717) is 27.6 Å². The Balaban J connectivity index is 1.64. The average Bonchev–Trinajstić information content (AvgIpc) is 3.30. The summed E-state index contributed by atoms with van der Waals surface area (Å²) in [4.78, 5) is 28.9. The SMILES string of the molecule is CCOC(=O)Cn1c(=NC(=O)COc2ccc(F)cc2)sc2cc3c(cc21)OCO3. The van der Waals surface area contributed by atoms with Gasteiger partial charge in [-0.3, -0.25) is 9.59 Å². The molecule has 0 atom stereocenters. The van der Waals surface area contributed by atoms with E-state index in [4.69, 9.17) is 18.9 Å². The lowest BCUT2D eigenvalue weighted by Crippen LogP contribution is -2.24. The van der Waals surface area contributed by atoms with Crippen molar-refractivity contribution in [2.75, 3.05) is 20.0 Å². The minimum absolute atomic E-state index is 0.113. The predicted octanol–water partition coefficient (Wildman–Crippen LogP) is 2.64. The van der Waals surface area contributed by atoms with Gasteiger partial charge in [-0.05, 0) is 31.2 Å². The number of hydrogen-bond donors (Lipinski definition) is 0. The normalized spacial score (nSPS) is 12.9. The molecule has 0 spiro atoms. The molecule has 0 radical (unpaired) electrons. The van der Waals surface area contributed by atoms with Crippen LogP contribution in [0.25, 0.3) is 10.2 Å². The highest BCUT2D eigenvalue weighted by molar-refractivity contribution is 7.16. The summed E-state index contributed by atoms with van der Waals surface area (Å²) in [5.41, 5.74) is 0.670. The maximum absolute atomic E-state index is 13.0.